The minimum Gasteiger partial charge on any atom is -0.433 e. The number of benzene rings is 1. The summed E-state index contributed by atoms with van der Waals surface area (Å²) in [7, 11) is 0. The topological polar surface area (TPSA) is 59.0 Å². The summed E-state index contributed by atoms with van der Waals surface area (Å²) < 4.78 is 40.4. The highest BCUT2D eigenvalue weighted by molar-refractivity contribution is 5.63. The van der Waals surface area contributed by atoms with E-state index in [-0.39, 0.29) is 0 Å². The van der Waals surface area contributed by atoms with E-state index in [1.54, 1.807) is 0 Å². The number of nitriles is 1. The predicted molar refractivity (Wildman–Crippen MR) is 42.2 cm³/mol. The molecule has 0 aliphatic carbocycles. The average molecular weight is 202 g/mol. The number of nitrogens with two attached hydrogens (primary N) is 1. The fraction of sp³-hybridized carbons (Fsp3) is 0.125. The highest BCUT2D eigenvalue weighted by atomic mass is 19.3. The molecule has 0 atom stereocenters. The minimum atomic E-state index is -3.06. The molecule has 0 saturated carbocycles. The van der Waals surface area contributed by atoms with Crippen LogP contribution in [0.15, 0.2) is 12.1 Å². The van der Waals surface area contributed by atoms with Crippen molar-refractivity contribution < 1.29 is 17.9 Å². The monoisotopic (exact) mass is 202 g/mol. The normalized spacial score (nSPS) is 9.93. The van der Waals surface area contributed by atoms with Gasteiger partial charge in [-0.1, -0.05) is 0 Å². The second kappa shape index (κ2) is 3.87. The molecule has 14 heavy (non-hydrogen) atoms. The Hall–Kier alpha value is -1.90. The van der Waals surface area contributed by atoms with Gasteiger partial charge in [0.05, 0.1) is 5.69 Å². The summed E-state index contributed by atoms with van der Waals surface area (Å²) in [6.45, 7) is -3.06. The lowest BCUT2D eigenvalue weighted by Gasteiger charge is -2.08. The van der Waals surface area contributed by atoms with Gasteiger partial charge in [-0.25, -0.2) is 4.39 Å². The number of ether oxygens (including phenoxy) is 1. The maximum atomic E-state index is 12.8. The number of nitrogens with zero attached hydrogens (tertiary/aromatic N) is 1. The van der Waals surface area contributed by atoms with Gasteiger partial charge in [-0.15, -0.1) is 0 Å². The van der Waals surface area contributed by atoms with Crippen molar-refractivity contribution in [3.8, 4) is 11.8 Å². The molecule has 0 amide bonds. The van der Waals surface area contributed by atoms with Crippen LogP contribution in [0.4, 0.5) is 18.9 Å². The molecular formula is C8H5F3N2O. The van der Waals surface area contributed by atoms with Gasteiger partial charge in [0.2, 0.25) is 0 Å². The van der Waals surface area contributed by atoms with Crippen LogP contribution in [0, 0.1) is 17.1 Å². The van der Waals surface area contributed by atoms with Crippen LogP contribution in [0.2, 0.25) is 0 Å². The second-order valence-corrected chi connectivity index (χ2v) is 2.32. The summed E-state index contributed by atoms with van der Waals surface area (Å²) in [5.74, 6) is -1.27. The lowest BCUT2D eigenvalue weighted by Crippen LogP contribution is -2.06. The van der Waals surface area contributed by atoms with Crippen LogP contribution in [0.1, 0.15) is 5.56 Å². The Kier molecular flexibility index (Phi) is 2.82. The van der Waals surface area contributed by atoms with Gasteiger partial charge in [-0.05, 0) is 12.1 Å². The molecule has 0 bridgehead atoms. The van der Waals surface area contributed by atoms with E-state index in [1.807, 2.05) is 0 Å². The minimum absolute atomic E-state index is 0.405. The maximum absolute atomic E-state index is 12.8. The highest BCUT2D eigenvalue weighted by Gasteiger charge is 2.14. The van der Waals surface area contributed by atoms with E-state index in [9.17, 15) is 13.2 Å². The largest absolute Gasteiger partial charge is 0.433 e. The zero-order valence-corrected chi connectivity index (χ0v) is 6.80. The third-order valence-corrected chi connectivity index (χ3v) is 1.48. The van der Waals surface area contributed by atoms with Crippen molar-refractivity contribution in [1.29, 1.82) is 5.26 Å². The molecule has 0 spiro atoms. The van der Waals surface area contributed by atoms with Gasteiger partial charge < -0.3 is 10.5 Å². The van der Waals surface area contributed by atoms with E-state index >= 15 is 0 Å². The smallest absolute Gasteiger partial charge is 0.387 e. The van der Waals surface area contributed by atoms with Crippen molar-refractivity contribution in [3.05, 3.63) is 23.5 Å². The summed E-state index contributed by atoms with van der Waals surface area (Å²) >= 11 is 0. The summed E-state index contributed by atoms with van der Waals surface area (Å²) in [5, 5.41) is 8.44. The van der Waals surface area contributed by atoms with Gasteiger partial charge in [0.25, 0.3) is 0 Å². The zero-order valence-electron chi connectivity index (χ0n) is 6.80. The van der Waals surface area contributed by atoms with E-state index in [1.165, 1.54) is 6.07 Å². The first-order valence-corrected chi connectivity index (χ1v) is 3.49. The number of nitrogen functional groups attached to an aromatic ring is 1. The number of hydrogen-bond acceptors (Lipinski definition) is 3. The van der Waals surface area contributed by atoms with Crippen LogP contribution < -0.4 is 10.5 Å². The molecule has 1 aromatic rings. The summed E-state index contributed by atoms with van der Waals surface area (Å²) in [4.78, 5) is 0. The third-order valence-electron chi connectivity index (χ3n) is 1.48. The molecule has 74 valence electrons. The molecule has 6 heteroatoms. The number of rotatable bonds is 2. The molecule has 0 saturated heterocycles. The van der Waals surface area contributed by atoms with Gasteiger partial charge in [0.1, 0.15) is 17.4 Å². The fourth-order valence-corrected chi connectivity index (χ4v) is 0.886. The number of anilines is 1. The van der Waals surface area contributed by atoms with Crippen LogP contribution in [0.5, 0.6) is 5.75 Å². The maximum Gasteiger partial charge on any atom is 0.387 e. The number of halogens is 3. The van der Waals surface area contributed by atoms with Crippen LogP contribution in [-0.4, -0.2) is 6.61 Å². The lowest BCUT2D eigenvalue weighted by molar-refractivity contribution is -0.0493. The summed E-state index contributed by atoms with van der Waals surface area (Å²) in [5.41, 5.74) is 4.30. The Balaban J connectivity index is 3.16. The third kappa shape index (κ3) is 1.88. The molecule has 0 aliphatic heterocycles. The standard InChI is InChI=1S/C8H5F3N2O/c9-5-1-2-6(14-8(10)11)7(13)4(5)3-12/h1-2,8H,13H2. The van der Waals surface area contributed by atoms with E-state index in [0.29, 0.717) is 0 Å². The molecule has 2 N–H and O–H groups in total. The van der Waals surface area contributed by atoms with Crippen molar-refractivity contribution in [1.82, 2.24) is 0 Å². The Labute approximate surface area is 77.5 Å². The van der Waals surface area contributed by atoms with Crippen molar-refractivity contribution in [2.75, 3.05) is 5.73 Å². The molecule has 0 unspecified atom stereocenters. The molecule has 0 heterocycles. The lowest BCUT2D eigenvalue weighted by atomic mass is 10.2. The Morgan fingerprint density at radius 2 is 2.07 bits per heavy atom. The molecule has 3 nitrogen and oxygen atoms in total. The van der Waals surface area contributed by atoms with Crippen molar-refractivity contribution >= 4 is 5.69 Å². The van der Waals surface area contributed by atoms with Gasteiger partial charge in [-0.3, -0.25) is 0 Å². The van der Waals surface area contributed by atoms with Crippen LogP contribution in [0.3, 0.4) is 0 Å². The number of hydrogen-bond donors (Lipinski definition) is 1. The Bertz CT molecular complexity index is 387. The van der Waals surface area contributed by atoms with E-state index in [4.69, 9.17) is 11.0 Å². The van der Waals surface area contributed by atoms with Crippen LogP contribution >= 0.6 is 0 Å². The SMILES string of the molecule is N#Cc1c(F)ccc(OC(F)F)c1N. The molecule has 0 aromatic heterocycles. The predicted octanol–water partition coefficient (Wildman–Crippen LogP) is 1.88. The van der Waals surface area contributed by atoms with Crippen LogP contribution in [0.25, 0.3) is 0 Å². The Morgan fingerprint density at radius 1 is 1.43 bits per heavy atom. The molecule has 1 aromatic carbocycles. The second-order valence-electron chi connectivity index (χ2n) is 2.32. The molecule has 0 fully saturated rings. The molecule has 0 radical (unpaired) electrons. The average Bonchev–Trinajstić information content (AvgIpc) is 2.10. The molecule has 0 aliphatic rings. The van der Waals surface area contributed by atoms with Gasteiger partial charge in [0.15, 0.2) is 5.75 Å². The van der Waals surface area contributed by atoms with E-state index in [0.717, 1.165) is 12.1 Å². The molecule has 1 rings (SSSR count). The van der Waals surface area contributed by atoms with Gasteiger partial charge in [0, 0.05) is 0 Å². The van der Waals surface area contributed by atoms with E-state index < -0.39 is 29.4 Å². The Morgan fingerprint density at radius 3 is 2.57 bits per heavy atom. The van der Waals surface area contributed by atoms with Crippen molar-refractivity contribution in [3.63, 3.8) is 0 Å². The van der Waals surface area contributed by atoms with Crippen molar-refractivity contribution in [2.45, 2.75) is 6.61 Å². The van der Waals surface area contributed by atoms with Crippen LogP contribution in [-0.2, 0) is 0 Å². The van der Waals surface area contributed by atoms with Crippen molar-refractivity contribution in [2.24, 2.45) is 0 Å². The summed E-state index contributed by atoms with van der Waals surface area (Å²) in [6.07, 6.45) is 0. The van der Waals surface area contributed by atoms with Gasteiger partial charge in [-0.2, -0.15) is 14.0 Å². The quantitative estimate of drug-likeness (QED) is 0.745. The highest BCUT2D eigenvalue weighted by Crippen LogP contribution is 2.28. The van der Waals surface area contributed by atoms with E-state index in [2.05, 4.69) is 4.74 Å². The number of alkyl halides is 2. The fourth-order valence-electron chi connectivity index (χ4n) is 0.886. The first-order valence-electron chi connectivity index (χ1n) is 3.49. The first-order chi connectivity index (χ1) is 6.56. The van der Waals surface area contributed by atoms with Gasteiger partial charge >= 0.3 is 6.61 Å². The first kappa shape index (κ1) is 10.2. The summed E-state index contributed by atoms with van der Waals surface area (Å²) in [6, 6.07) is 3.23. The molecular weight excluding hydrogens is 197 g/mol. The zero-order chi connectivity index (χ0) is 10.7.